The molecule has 25 heavy (non-hydrogen) atoms. The second-order valence-electron chi connectivity index (χ2n) is 6.06. The predicted octanol–water partition coefficient (Wildman–Crippen LogP) is 5.68. The van der Waals surface area contributed by atoms with Crippen LogP contribution in [0.2, 0.25) is 0 Å². The minimum absolute atomic E-state index is 0.424. The molecule has 0 saturated carbocycles. The lowest BCUT2D eigenvalue weighted by atomic mass is 9.92. The molecule has 2 rings (SSSR count). The molecule has 2 aromatic carbocycles. The zero-order valence-electron chi connectivity index (χ0n) is 13.8. The summed E-state index contributed by atoms with van der Waals surface area (Å²) in [6.07, 6.45) is -8.87. The number of hydrogen-bond acceptors (Lipinski definition) is 1. The fourth-order valence-corrected chi connectivity index (χ4v) is 2.77. The molecule has 0 aromatic heterocycles. The average Bonchev–Trinajstić information content (AvgIpc) is 2.47. The Hall–Kier alpha value is -2.02. The molecule has 2 aromatic rings. The van der Waals surface area contributed by atoms with E-state index in [1.54, 1.807) is 25.9 Å². The monoisotopic (exact) mass is 361 g/mol. The lowest BCUT2D eigenvalue weighted by molar-refractivity contribution is -0.138. The van der Waals surface area contributed by atoms with Crippen molar-refractivity contribution in [3.63, 3.8) is 0 Å². The Bertz CT molecular complexity index is 729. The van der Waals surface area contributed by atoms with Crippen LogP contribution in [-0.4, -0.2) is 19.0 Å². The molecular weight excluding hydrogens is 344 g/mol. The van der Waals surface area contributed by atoms with Gasteiger partial charge in [0.15, 0.2) is 0 Å². The molecule has 136 valence electrons. The second-order valence-corrected chi connectivity index (χ2v) is 6.06. The summed E-state index contributed by atoms with van der Waals surface area (Å²) in [5.74, 6) is 0. The highest BCUT2D eigenvalue weighted by Gasteiger charge is 2.32. The van der Waals surface area contributed by atoms with Gasteiger partial charge in [0.25, 0.3) is 0 Å². The van der Waals surface area contributed by atoms with E-state index >= 15 is 0 Å². The number of aryl methyl sites for hydroxylation is 1. The number of alkyl halides is 6. The molecule has 7 heteroatoms. The van der Waals surface area contributed by atoms with Gasteiger partial charge in [-0.15, -0.1) is 0 Å². The third-order valence-corrected chi connectivity index (χ3v) is 3.96. The Morgan fingerprint density at radius 3 is 1.64 bits per heavy atom. The number of benzene rings is 2. The quantitative estimate of drug-likeness (QED) is 0.636. The third-order valence-electron chi connectivity index (χ3n) is 3.96. The Morgan fingerprint density at radius 1 is 0.760 bits per heavy atom. The van der Waals surface area contributed by atoms with E-state index in [9.17, 15) is 26.3 Å². The van der Waals surface area contributed by atoms with Crippen LogP contribution in [0.1, 0.15) is 33.9 Å². The molecule has 0 saturated heterocycles. The van der Waals surface area contributed by atoms with E-state index in [0.717, 1.165) is 24.3 Å². The first-order chi connectivity index (χ1) is 11.4. The van der Waals surface area contributed by atoms with Gasteiger partial charge in [0, 0.05) is 0 Å². The van der Waals surface area contributed by atoms with Gasteiger partial charge in [0.05, 0.1) is 17.2 Å². The fourth-order valence-electron chi connectivity index (χ4n) is 2.77. The SMILES string of the molecule is Cc1cc(C(F)(F)F)ccc1[C@H](c1ccc(C(F)(F)F)cc1)N(C)C. The summed E-state index contributed by atoms with van der Waals surface area (Å²) in [4.78, 5) is 1.75. The number of rotatable bonds is 3. The summed E-state index contributed by atoms with van der Waals surface area (Å²) in [6, 6.07) is 7.62. The molecule has 0 aliphatic carbocycles. The highest BCUT2D eigenvalue weighted by molar-refractivity contribution is 5.40. The first-order valence-electron chi connectivity index (χ1n) is 7.42. The molecule has 0 heterocycles. The lowest BCUT2D eigenvalue weighted by Gasteiger charge is -2.27. The van der Waals surface area contributed by atoms with E-state index in [2.05, 4.69) is 0 Å². The van der Waals surface area contributed by atoms with E-state index in [4.69, 9.17) is 0 Å². The standard InChI is InChI=1S/C18H17F6N/c1-11-10-14(18(22,23)24)8-9-15(11)16(25(2)3)12-4-6-13(7-5-12)17(19,20)21/h4-10,16H,1-3H3/t16-/m0/s1. The van der Waals surface area contributed by atoms with Crippen LogP contribution in [0, 0.1) is 6.92 Å². The van der Waals surface area contributed by atoms with Crippen molar-refractivity contribution in [2.24, 2.45) is 0 Å². The van der Waals surface area contributed by atoms with Gasteiger partial charge >= 0.3 is 12.4 Å². The minimum Gasteiger partial charge on any atom is -0.299 e. The average molecular weight is 361 g/mol. The topological polar surface area (TPSA) is 3.24 Å². The molecule has 0 spiro atoms. The predicted molar refractivity (Wildman–Crippen MR) is 83.2 cm³/mol. The highest BCUT2D eigenvalue weighted by atomic mass is 19.4. The van der Waals surface area contributed by atoms with E-state index in [1.807, 2.05) is 0 Å². The number of halogens is 6. The molecule has 0 aliphatic heterocycles. The van der Waals surface area contributed by atoms with Gasteiger partial charge in [0.1, 0.15) is 0 Å². The van der Waals surface area contributed by atoms with Crippen molar-refractivity contribution in [1.29, 1.82) is 0 Å². The molecule has 0 radical (unpaired) electrons. The number of nitrogens with zero attached hydrogens (tertiary/aromatic N) is 1. The van der Waals surface area contributed by atoms with Gasteiger partial charge in [-0.25, -0.2) is 0 Å². The van der Waals surface area contributed by atoms with Crippen molar-refractivity contribution >= 4 is 0 Å². The van der Waals surface area contributed by atoms with Crippen LogP contribution in [-0.2, 0) is 12.4 Å². The molecule has 1 nitrogen and oxygen atoms in total. The van der Waals surface area contributed by atoms with Crippen molar-refractivity contribution in [2.45, 2.75) is 25.3 Å². The number of hydrogen-bond donors (Lipinski definition) is 0. The van der Waals surface area contributed by atoms with Crippen molar-refractivity contribution in [3.8, 4) is 0 Å². The third kappa shape index (κ3) is 4.34. The van der Waals surface area contributed by atoms with Crippen molar-refractivity contribution in [3.05, 3.63) is 70.3 Å². The van der Waals surface area contributed by atoms with Gasteiger partial charge in [-0.3, -0.25) is 4.90 Å². The smallest absolute Gasteiger partial charge is 0.299 e. The van der Waals surface area contributed by atoms with E-state index in [-0.39, 0.29) is 0 Å². The van der Waals surface area contributed by atoms with Crippen LogP contribution >= 0.6 is 0 Å². The summed E-state index contributed by atoms with van der Waals surface area (Å²) < 4.78 is 76.6. The Labute approximate surface area is 141 Å². The van der Waals surface area contributed by atoms with Gasteiger partial charge in [-0.1, -0.05) is 18.2 Å². The maximum Gasteiger partial charge on any atom is 0.416 e. The van der Waals surface area contributed by atoms with Crippen molar-refractivity contribution < 1.29 is 26.3 Å². The van der Waals surface area contributed by atoms with E-state index < -0.39 is 29.5 Å². The Kier molecular flexibility index (Phi) is 5.18. The van der Waals surface area contributed by atoms with Crippen LogP contribution in [0.15, 0.2) is 42.5 Å². The first-order valence-corrected chi connectivity index (χ1v) is 7.42. The second kappa shape index (κ2) is 6.71. The van der Waals surface area contributed by atoms with Crippen molar-refractivity contribution in [1.82, 2.24) is 4.90 Å². The fraction of sp³-hybridized carbons (Fsp3) is 0.333. The zero-order valence-corrected chi connectivity index (χ0v) is 13.8. The van der Waals surface area contributed by atoms with E-state index in [1.165, 1.54) is 18.2 Å². The summed E-state index contributed by atoms with van der Waals surface area (Å²) >= 11 is 0. The molecule has 0 bridgehead atoms. The minimum atomic E-state index is -4.44. The molecular formula is C18H17F6N. The van der Waals surface area contributed by atoms with Crippen LogP contribution in [0.3, 0.4) is 0 Å². The molecule has 0 aliphatic rings. The van der Waals surface area contributed by atoms with Crippen LogP contribution in [0.5, 0.6) is 0 Å². The first kappa shape index (κ1) is 19.3. The highest BCUT2D eigenvalue weighted by Crippen LogP contribution is 2.36. The molecule has 0 amide bonds. The van der Waals surface area contributed by atoms with Crippen molar-refractivity contribution in [2.75, 3.05) is 14.1 Å². The van der Waals surface area contributed by atoms with Gasteiger partial charge in [-0.2, -0.15) is 26.3 Å². The molecule has 0 fully saturated rings. The molecule has 0 unspecified atom stereocenters. The van der Waals surface area contributed by atoms with Gasteiger partial charge in [0.2, 0.25) is 0 Å². The summed E-state index contributed by atoms with van der Waals surface area (Å²) in [5, 5.41) is 0. The van der Waals surface area contributed by atoms with Gasteiger partial charge < -0.3 is 0 Å². The normalized spacial score (nSPS) is 14.0. The lowest BCUT2D eigenvalue weighted by Crippen LogP contribution is -2.22. The molecule has 1 atom stereocenters. The Morgan fingerprint density at radius 2 is 1.24 bits per heavy atom. The maximum atomic E-state index is 12.8. The Balaban J connectivity index is 2.46. The van der Waals surface area contributed by atoms with Crippen LogP contribution in [0.25, 0.3) is 0 Å². The molecule has 0 N–H and O–H groups in total. The van der Waals surface area contributed by atoms with Crippen LogP contribution < -0.4 is 0 Å². The zero-order chi connectivity index (χ0) is 19.0. The largest absolute Gasteiger partial charge is 0.416 e. The van der Waals surface area contributed by atoms with Gasteiger partial charge in [-0.05, 0) is 62.0 Å². The van der Waals surface area contributed by atoms with E-state index in [0.29, 0.717) is 16.7 Å². The maximum absolute atomic E-state index is 12.8. The summed E-state index contributed by atoms with van der Waals surface area (Å²) in [6.45, 7) is 1.56. The van der Waals surface area contributed by atoms with Crippen LogP contribution in [0.4, 0.5) is 26.3 Å². The summed E-state index contributed by atoms with van der Waals surface area (Å²) in [5.41, 5.74) is 0.0867. The summed E-state index contributed by atoms with van der Waals surface area (Å²) in [7, 11) is 3.44.